The van der Waals surface area contributed by atoms with Gasteiger partial charge in [0, 0.05) is 6.54 Å². The highest BCUT2D eigenvalue weighted by atomic mass is 16.2. The van der Waals surface area contributed by atoms with E-state index in [0.717, 1.165) is 18.7 Å². The first kappa shape index (κ1) is 8.31. The van der Waals surface area contributed by atoms with Crippen LogP contribution in [0.1, 0.15) is 6.42 Å². The quantitative estimate of drug-likeness (QED) is 0.438. The van der Waals surface area contributed by atoms with Gasteiger partial charge >= 0.3 is 7.05 Å². The first-order chi connectivity index (χ1) is 5.24. The minimum atomic E-state index is -0.430. The van der Waals surface area contributed by atoms with E-state index in [1.54, 1.807) is 6.82 Å². The normalized spacial score (nSPS) is 18.8. The molecule has 0 atom stereocenters. The van der Waals surface area contributed by atoms with E-state index in [4.69, 9.17) is 6.57 Å². The molecular formula is C7H11BN2O. The average Bonchev–Trinajstić information content (AvgIpc) is 2.05. The molecule has 4 heteroatoms. The van der Waals surface area contributed by atoms with E-state index in [9.17, 15) is 5.02 Å². The van der Waals surface area contributed by atoms with E-state index in [1.165, 1.54) is 0 Å². The van der Waals surface area contributed by atoms with Gasteiger partial charge in [-0.05, 0) is 19.8 Å². The Balaban J connectivity index is 2.55. The topological polar surface area (TPSA) is 27.8 Å². The molecule has 0 saturated carbocycles. The minimum Gasteiger partial charge on any atom is -0.437 e. The predicted octanol–water partition coefficient (Wildman–Crippen LogP) is 0.606. The maximum atomic E-state index is 9.19. The van der Waals surface area contributed by atoms with Gasteiger partial charge < -0.3 is 9.83 Å². The van der Waals surface area contributed by atoms with Crippen LogP contribution in [-0.2, 0) is 0 Å². The summed E-state index contributed by atoms with van der Waals surface area (Å²) in [5.41, 5.74) is 0.747. The van der Waals surface area contributed by atoms with E-state index in [-0.39, 0.29) is 0 Å². The first-order valence-corrected chi connectivity index (χ1v) is 3.72. The van der Waals surface area contributed by atoms with Gasteiger partial charge in [0.1, 0.15) is 0 Å². The summed E-state index contributed by atoms with van der Waals surface area (Å²) in [5.74, 6) is 0. The summed E-state index contributed by atoms with van der Waals surface area (Å²) in [4.78, 5) is 5.22. The molecule has 0 spiro atoms. The fraction of sp³-hybridized carbons (Fsp3) is 0.571. The highest BCUT2D eigenvalue weighted by Crippen LogP contribution is 2.10. The maximum Gasteiger partial charge on any atom is 0.375 e. The molecule has 1 heterocycles. The van der Waals surface area contributed by atoms with Crippen LogP contribution in [0.25, 0.3) is 4.85 Å². The molecule has 1 aliphatic heterocycles. The van der Waals surface area contributed by atoms with Crippen molar-refractivity contribution < 1.29 is 5.02 Å². The average molecular weight is 150 g/mol. The van der Waals surface area contributed by atoms with E-state index < -0.39 is 7.05 Å². The van der Waals surface area contributed by atoms with E-state index in [2.05, 4.69) is 4.85 Å². The standard InChI is InChI=1S/C7H11BN2O/c1-8(11)10-5-3-4-7(6-10)9-2/h4,11H,3,5-6H2,1H3. The molecule has 0 aromatic carbocycles. The van der Waals surface area contributed by atoms with Gasteiger partial charge in [-0.1, -0.05) is 6.08 Å². The van der Waals surface area contributed by atoms with Gasteiger partial charge in [0.2, 0.25) is 0 Å². The van der Waals surface area contributed by atoms with Gasteiger partial charge in [-0.2, -0.15) is 0 Å². The zero-order chi connectivity index (χ0) is 8.27. The number of nitrogens with zero attached hydrogens (tertiary/aromatic N) is 2. The lowest BCUT2D eigenvalue weighted by Gasteiger charge is -2.25. The monoisotopic (exact) mass is 150 g/mol. The number of hydrogen-bond acceptors (Lipinski definition) is 2. The molecule has 11 heavy (non-hydrogen) atoms. The van der Waals surface area contributed by atoms with Gasteiger partial charge in [-0.15, -0.1) is 0 Å². The minimum absolute atomic E-state index is 0.430. The van der Waals surface area contributed by atoms with Crippen molar-refractivity contribution in [1.82, 2.24) is 4.81 Å². The van der Waals surface area contributed by atoms with Crippen molar-refractivity contribution in [2.24, 2.45) is 0 Å². The molecule has 0 unspecified atom stereocenters. The van der Waals surface area contributed by atoms with E-state index in [1.807, 2.05) is 10.9 Å². The summed E-state index contributed by atoms with van der Waals surface area (Å²) >= 11 is 0. The summed E-state index contributed by atoms with van der Waals surface area (Å²) in [6.07, 6.45) is 2.81. The molecule has 1 N–H and O–H groups in total. The number of rotatable bonds is 1. The van der Waals surface area contributed by atoms with Gasteiger partial charge in [-0.25, -0.2) is 4.85 Å². The van der Waals surface area contributed by atoms with Gasteiger partial charge in [0.05, 0.1) is 6.57 Å². The van der Waals surface area contributed by atoms with E-state index in [0.29, 0.717) is 6.54 Å². The van der Waals surface area contributed by atoms with Crippen LogP contribution in [-0.4, -0.2) is 30.0 Å². The van der Waals surface area contributed by atoms with E-state index >= 15 is 0 Å². The van der Waals surface area contributed by atoms with Crippen molar-refractivity contribution in [2.45, 2.75) is 13.2 Å². The zero-order valence-electron chi connectivity index (χ0n) is 6.62. The highest BCUT2D eigenvalue weighted by molar-refractivity contribution is 6.45. The Morgan fingerprint density at radius 1 is 1.82 bits per heavy atom. The Morgan fingerprint density at radius 2 is 2.55 bits per heavy atom. The van der Waals surface area contributed by atoms with Crippen molar-refractivity contribution in [3.63, 3.8) is 0 Å². The third kappa shape index (κ3) is 2.07. The molecule has 58 valence electrons. The van der Waals surface area contributed by atoms with Crippen molar-refractivity contribution in [1.29, 1.82) is 0 Å². The van der Waals surface area contributed by atoms with Crippen molar-refractivity contribution in [3.8, 4) is 0 Å². The van der Waals surface area contributed by atoms with Crippen LogP contribution in [0.5, 0.6) is 0 Å². The lowest BCUT2D eigenvalue weighted by atomic mass is 9.83. The van der Waals surface area contributed by atoms with Gasteiger partial charge in [0.15, 0.2) is 5.70 Å². The molecule has 0 aromatic heterocycles. The molecule has 1 aliphatic rings. The molecule has 0 aliphatic carbocycles. The lowest BCUT2D eigenvalue weighted by molar-refractivity contribution is 0.383. The van der Waals surface area contributed by atoms with Gasteiger partial charge in [-0.3, -0.25) is 0 Å². The summed E-state index contributed by atoms with van der Waals surface area (Å²) in [5, 5.41) is 9.19. The summed E-state index contributed by atoms with van der Waals surface area (Å²) < 4.78 is 0. The van der Waals surface area contributed by atoms with Crippen LogP contribution in [0, 0.1) is 6.57 Å². The molecule has 0 saturated heterocycles. The molecule has 0 fully saturated rings. The Hall–Kier alpha value is -0.785. The fourth-order valence-corrected chi connectivity index (χ4v) is 1.15. The van der Waals surface area contributed by atoms with Crippen LogP contribution in [0.3, 0.4) is 0 Å². The Morgan fingerprint density at radius 3 is 3.09 bits per heavy atom. The smallest absolute Gasteiger partial charge is 0.375 e. The van der Waals surface area contributed by atoms with Crippen molar-refractivity contribution in [3.05, 3.63) is 23.2 Å². The fourth-order valence-electron chi connectivity index (χ4n) is 1.15. The van der Waals surface area contributed by atoms with Crippen LogP contribution in [0.2, 0.25) is 6.82 Å². The second kappa shape index (κ2) is 3.56. The highest BCUT2D eigenvalue weighted by Gasteiger charge is 2.19. The van der Waals surface area contributed by atoms with Crippen molar-refractivity contribution in [2.75, 3.05) is 13.1 Å². The Labute approximate surface area is 67.3 Å². The second-order valence-corrected chi connectivity index (χ2v) is 2.70. The van der Waals surface area contributed by atoms with Crippen LogP contribution in [0.4, 0.5) is 0 Å². The largest absolute Gasteiger partial charge is 0.437 e. The molecular weight excluding hydrogens is 139 g/mol. The van der Waals surface area contributed by atoms with Crippen molar-refractivity contribution >= 4 is 7.05 Å². The summed E-state index contributed by atoms with van der Waals surface area (Å²) in [6.45, 7) is 9.96. The molecule has 0 amide bonds. The molecule has 0 radical (unpaired) electrons. The zero-order valence-corrected chi connectivity index (χ0v) is 6.62. The molecule has 3 nitrogen and oxygen atoms in total. The third-order valence-electron chi connectivity index (χ3n) is 1.83. The molecule has 0 bridgehead atoms. The van der Waals surface area contributed by atoms with Gasteiger partial charge in [0.25, 0.3) is 0 Å². The third-order valence-corrected chi connectivity index (χ3v) is 1.83. The maximum absolute atomic E-state index is 9.19. The van der Waals surface area contributed by atoms with Crippen LogP contribution < -0.4 is 0 Å². The van der Waals surface area contributed by atoms with Crippen LogP contribution >= 0.6 is 0 Å². The summed E-state index contributed by atoms with van der Waals surface area (Å²) in [7, 11) is -0.430. The Kier molecular flexibility index (Phi) is 2.69. The lowest BCUT2D eigenvalue weighted by Crippen LogP contribution is -2.40. The first-order valence-electron chi connectivity index (χ1n) is 3.72. The van der Waals surface area contributed by atoms with Crippen LogP contribution in [0.15, 0.2) is 11.8 Å². The predicted molar refractivity (Wildman–Crippen MR) is 44.7 cm³/mol. The SMILES string of the molecule is [C-]#[N+]C1=CCCN(B(C)O)C1. The molecule has 0 aromatic rings. The molecule has 1 rings (SSSR count). The second-order valence-electron chi connectivity index (χ2n) is 2.70. The Bertz CT molecular complexity index is 207. The number of hydrogen-bond donors (Lipinski definition) is 1. The summed E-state index contributed by atoms with van der Waals surface area (Å²) in [6, 6.07) is 0.